The van der Waals surface area contributed by atoms with Crippen LogP contribution in [0.1, 0.15) is 30.9 Å². The van der Waals surface area contributed by atoms with Gasteiger partial charge >= 0.3 is 0 Å². The lowest BCUT2D eigenvalue weighted by atomic mass is 9.99. The van der Waals surface area contributed by atoms with Crippen LogP contribution < -0.4 is 10.6 Å². The minimum Gasteiger partial charge on any atom is -0.354 e. The zero-order chi connectivity index (χ0) is 15.4. The number of carbonyl (C=O) groups excluding carboxylic acids is 2. The number of hydrogen-bond donors (Lipinski definition) is 2. The van der Waals surface area contributed by atoms with E-state index in [4.69, 9.17) is 0 Å². The summed E-state index contributed by atoms with van der Waals surface area (Å²) < 4.78 is 0. The molecule has 1 aromatic carbocycles. The zero-order valence-corrected chi connectivity index (χ0v) is 14.0. The van der Waals surface area contributed by atoms with Gasteiger partial charge in [-0.25, -0.2) is 0 Å². The molecule has 0 bridgehead atoms. The second kappa shape index (κ2) is 8.31. The van der Waals surface area contributed by atoms with Crippen molar-refractivity contribution in [3.05, 3.63) is 35.9 Å². The van der Waals surface area contributed by atoms with E-state index in [-0.39, 0.29) is 24.2 Å². The van der Waals surface area contributed by atoms with Crippen molar-refractivity contribution in [1.82, 2.24) is 15.5 Å². The minimum atomic E-state index is -0.498. The molecule has 0 aromatic heterocycles. The van der Waals surface area contributed by atoms with Crippen molar-refractivity contribution in [3.63, 3.8) is 0 Å². The van der Waals surface area contributed by atoms with Crippen molar-refractivity contribution in [2.45, 2.75) is 25.3 Å². The highest BCUT2D eigenvalue weighted by Crippen LogP contribution is 2.25. The van der Waals surface area contributed by atoms with E-state index in [0.717, 1.165) is 31.5 Å². The molecule has 6 heteroatoms. The molecule has 5 nitrogen and oxygen atoms in total. The summed E-state index contributed by atoms with van der Waals surface area (Å²) in [5.41, 5.74) is 0.891. The Morgan fingerprint density at radius 1 is 1.26 bits per heavy atom. The molecule has 1 unspecified atom stereocenters. The number of nitrogens with zero attached hydrogens (tertiary/aromatic N) is 1. The zero-order valence-electron chi connectivity index (χ0n) is 13.2. The van der Waals surface area contributed by atoms with Gasteiger partial charge in [-0.3, -0.25) is 9.59 Å². The second-order valence-corrected chi connectivity index (χ2v) is 6.13. The fourth-order valence-corrected chi connectivity index (χ4v) is 3.04. The van der Waals surface area contributed by atoms with Gasteiger partial charge in [-0.15, -0.1) is 12.4 Å². The third kappa shape index (κ3) is 4.24. The smallest absolute Gasteiger partial charge is 0.247 e. The van der Waals surface area contributed by atoms with Gasteiger partial charge in [0, 0.05) is 38.5 Å². The van der Waals surface area contributed by atoms with Crippen molar-refractivity contribution < 1.29 is 9.59 Å². The van der Waals surface area contributed by atoms with Crippen molar-refractivity contribution in [3.8, 4) is 0 Å². The maximum absolute atomic E-state index is 12.7. The summed E-state index contributed by atoms with van der Waals surface area (Å²) in [6.07, 6.45) is 2.43. The quantitative estimate of drug-likeness (QED) is 0.856. The van der Waals surface area contributed by atoms with Crippen molar-refractivity contribution in [1.29, 1.82) is 0 Å². The molecule has 3 rings (SSSR count). The maximum atomic E-state index is 12.7. The van der Waals surface area contributed by atoms with Crippen LogP contribution in [0.5, 0.6) is 0 Å². The van der Waals surface area contributed by atoms with Gasteiger partial charge in [0.15, 0.2) is 0 Å². The molecule has 2 N–H and O–H groups in total. The van der Waals surface area contributed by atoms with Crippen molar-refractivity contribution in [2.24, 2.45) is 5.92 Å². The molecule has 1 atom stereocenters. The number of halogens is 1. The molecular weight excluding hydrogens is 314 g/mol. The van der Waals surface area contributed by atoms with Crippen LogP contribution in [0, 0.1) is 5.92 Å². The van der Waals surface area contributed by atoms with Gasteiger partial charge in [0.25, 0.3) is 0 Å². The first-order valence-electron chi connectivity index (χ1n) is 8.08. The number of benzene rings is 1. The van der Waals surface area contributed by atoms with E-state index in [1.165, 1.54) is 0 Å². The Balaban J connectivity index is 0.00000192. The fourth-order valence-electron chi connectivity index (χ4n) is 3.04. The predicted octanol–water partition coefficient (Wildman–Crippen LogP) is 1.50. The summed E-state index contributed by atoms with van der Waals surface area (Å²) in [4.78, 5) is 26.7. The number of likely N-dealkylation sites (tertiary alicyclic amines) is 1. The average molecular weight is 338 g/mol. The largest absolute Gasteiger partial charge is 0.354 e. The molecule has 0 radical (unpaired) electrons. The molecule has 23 heavy (non-hydrogen) atoms. The summed E-state index contributed by atoms with van der Waals surface area (Å²) in [5.74, 6) is 0.534. The third-order valence-electron chi connectivity index (χ3n) is 4.47. The van der Waals surface area contributed by atoms with E-state index in [0.29, 0.717) is 25.4 Å². The Morgan fingerprint density at radius 2 is 2.00 bits per heavy atom. The van der Waals surface area contributed by atoms with Crippen molar-refractivity contribution >= 4 is 24.2 Å². The second-order valence-electron chi connectivity index (χ2n) is 6.13. The van der Waals surface area contributed by atoms with Gasteiger partial charge in [-0.2, -0.15) is 0 Å². The Morgan fingerprint density at radius 3 is 2.61 bits per heavy atom. The lowest BCUT2D eigenvalue weighted by Crippen LogP contribution is -2.51. The summed E-state index contributed by atoms with van der Waals surface area (Å²) >= 11 is 0. The van der Waals surface area contributed by atoms with E-state index in [1.807, 2.05) is 30.3 Å². The molecule has 126 valence electrons. The van der Waals surface area contributed by atoms with Gasteiger partial charge in [-0.05, 0) is 18.4 Å². The van der Waals surface area contributed by atoms with E-state index < -0.39 is 6.04 Å². The van der Waals surface area contributed by atoms with Gasteiger partial charge in [-0.1, -0.05) is 30.3 Å². The number of piperidine rings is 1. The number of carbonyl (C=O) groups is 2. The maximum Gasteiger partial charge on any atom is 0.247 e. The number of nitrogens with one attached hydrogen (secondary N) is 2. The first-order chi connectivity index (χ1) is 10.8. The molecule has 1 aromatic rings. The average Bonchev–Trinajstić information content (AvgIpc) is 2.49. The van der Waals surface area contributed by atoms with Gasteiger partial charge in [0.05, 0.1) is 0 Å². The predicted molar refractivity (Wildman–Crippen MR) is 91.4 cm³/mol. The topological polar surface area (TPSA) is 61.4 Å². The lowest BCUT2D eigenvalue weighted by molar-refractivity contribution is -0.142. The van der Waals surface area contributed by atoms with Crippen LogP contribution in [0.15, 0.2) is 30.3 Å². The summed E-state index contributed by atoms with van der Waals surface area (Å²) in [6, 6.07) is 9.12. The highest BCUT2D eigenvalue weighted by Gasteiger charge is 2.33. The van der Waals surface area contributed by atoms with E-state index in [2.05, 4.69) is 10.6 Å². The molecule has 2 aliphatic heterocycles. The Bertz CT molecular complexity index is 534. The monoisotopic (exact) mass is 337 g/mol. The molecule has 0 spiro atoms. The number of rotatable bonds is 5. The normalized spacial score (nSPS) is 19.5. The van der Waals surface area contributed by atoms with Crippen LogP contribution in [0.4, 0.5) is 0 Å². The highest BCUT2D eigenvalue weighted by molar-refractivity contribution is 5.89. The number of amides is 2. The van der Waals surface area contributed by atoms with Crippen LogP contribution >= 0.6 is 12.4 Å². The summed E-state index contributed by atoms with van der Waals surface area (Å²) in [6.45, 7) is 3.26. The van der Waals surface area contributed by atoms with Crippen LogP contribution in [0.2, 0.25) is 0 Å². The van der Waals surface area contributed by atoms with E-state index in [1.54, 1.807) is 4.90 Å². The summed E-state index contributed by atoms with van der Waals surface area (Å²) in [5, 5.41) is 6.23. The highest BCUT2D eigenvalue weighted by atomic mass is 35.5. The molecule has 0 aliphatic carbocycles. The SMILES string of the molecule is Cl.O=C(NCC1CNC1)C(c1ccccc1)N1CCCCC1=O. The van der Waals surface area contributed by atoms with Gasteiger partial charge in [0.2, 0.25) is 11.8 Å². The van der Waals surface area contributed by atoms with Crippen LogP contribution in [-0.2, 0) is 9.59 Å². The Kier molecular flexibility index (Phi) is 6.42. The minimum absolute atomic E-state index is 0. The fraction of sp³-hybridized carbons (Fsp3) is 0.529. The third-order valence-corrected chi connectivity index (χ3v) is 4.47. The van der Waals surface area contributed by atoms with E-state index >= 15 is 0 Å². The first-order valence-corrected chi connectivity index (χ1v) is 8.08. The molecule has 2 fully saturated rings. The van der Waals surface area contributed by atoms with E-state index in [9.17, 15) is 9.59 Å². The first kappa shape index (κ1) is 17.8. The molecule has 2 amide bonds. The van der Waals surface area contributed by atoms with Crippen LogP contribution in [0.25, 0.3) is 0 Å². The Labute approximate surface area is 143 Å². The molecule has 2 aliphatic rings. The number of hydrogen-bond acceptors (Lipinski definition) is 3. The molecule has 2 heterocycles. The molecule has 2 saturated heterocycles. The lowest BCUT2D eigenvalue weighted by Gasteiger charge is -2.35. The Hall–Kier alpha value is -1.59. The summed E-state index contributed by atoms with van der Waals surface area (Å²) in [7, 11) is 0. The van der Waals surface area contributed by atoms with Crippen LogP contribution in [0.3, 0.4) is 0 Å². The van der Waals surface area contributed by atoms with Crippen LogP contribution in [-0.4, -0.2) is 42.9 Å². The standard InChI is InChI=1S/C17H23N3O2.ClH/c21-15-8-4-5-9-20(15)16(14-6-2-1-3-7-14)17(22)19-12-13-10-18-11-13;/h1-3,6-7,13,16,18H,4-5,8-12H2,(H,19,22);1H. The molecular formula is C17H24ClN3O2. The van der Waals surface area contributed by atoms with Gasteiger partial charge < -0.3 is 15.5 Å². The van der Waals surface area contributed by atoms with Gasteiger partial charge in [0.1, 0.15) is 6.04 Å². The van der Waals surface area contributed by atoms with Crippen molar-refractivity contribution in [2.75, 3.05) is 26.2 Å². The molecule has 0 saturated carbocycles.